The van der Waals surface area contributed by atoms with E-state index in [-0.39, 0.29) is 0 Å². The van der Waals surface area contributed by atoms with Crippen LogP contribution in [0.15, 0.2) is 12.3 Å². The zero-order valence-corrected chi connectivity index (χ0v) is 12.8. The van der Waals surface area contributed by atoms with E-state index >= 15 is 0 Å². The molecule has 2 atom stereocenters. The van der Waals surface area contributed by atoms with E-state index in [1.54, 1.807) is 0 Å². The SMILES string of the molecule is CC(C)N(CC1CCCCN1)C(C)c1ccnn1C. The Morgan fingerprint density at radius 1 is 1.42 bits per heavy atom. The third-order valence-electron chi connectivity index (χ3n) is 4.29. The molecule has 19 heavy (non-hydrogen) atoms. The Morgan fingerprint density at radius 3 is 2.74 bits per heavy atom. The molecule has 1 aromatic rings. The standard InChI is InChI=1S/C15H28N4/c1-12(2)19(11-14-7-5-6-9-16-14)13(3)15-8-10-17-18(15)4/h8,10,12-14,16H,5-7,9,11H2,1-4H3. The first-order valence-electron chi connectivity index (χ1n) is 7.56. The van der Waals surface area contributed by atoms with Gasteiger partial charge in [-0.25, -0.2) is 0 Å². The summed E-state index contributed by atoms with van der Waals surface area (Å²) in [5.74, 6) is 0. The van der Waals surface area contributed by atoms with Crippen molar-refractivity contribution in [3.8, 4) is 0 Å². The molecule has 1 aliphatic heterocycles. The third kappa shape index (κ3) is 3.57. The molecule has 4 nitrogen and oxygen atoms in total. The minimum absolute atomic E-state index is 0.413. The van der Waals surface area contributed by atoms with Crippen molar-refractivity contribution in [2.24, 2.45) is 7.05 Å². The molecule has 1 N–H and O–H groups in total. The second-order valence-electron chi connectivity index (χ2n) is 5.99. The number of hydrogen-bond acceptors (Lipinski definition) is 3. The summed E-state index contributed by atoms with van der Waals surface area (Å²) in [5, 5.41) is 7.96. The molecule has 4 heteroatoms. The molecular weight excluding hydrogens is 236 g/mol. The van der Waals surface area contributed by atoms with Crippen molar-refractivity contribution in [2.45, 2.75) is 58.2 Å². The summed E-state index contributed by atoms with van der Waals surface area (Å²) >= 11 is 0. The van der Waals surface area contributed by atoms with Crippen LogP contribution in [0.3, 0.4) is 0 Å². The van der Waals surface area contributed by atoms with Crippen LogP contribution in [0.4, 0.5) is 0 Å². The molecule has 108 valence electrons. The van der Waals surface area contributed by atoms with Crippen LogP contribution in [0.5, 0.6) is 0 Å². The fourth-order valence-electron chi connectivity index (χ4n) is 3.11. The number of piperidine rings is 1. The first-order valence-corrected chi connectivity index (χ1v) is 7.56. The average molecular weight is 264 g/mol. The van der Waals surface area contributed by atoms with Gasteiger partial charge in [0.05, 0.1) is 5.69 Å². The lowest BCUT2D eigenvalue weighted by molar-refractivity contribution is 0.133. The number of nitrogens with one attached hydrogen (secondary N) is 1. The Morgan fingerprint density at radius 2 is 2.21 bits per heavy atom. The van der Waals surface area contributed by atoms with E-state index in [1.807, 2.05) is 17.9 Å². The lowest BCUT2D eigenvalue weighted by atomic mass is 10.0. The number of nitrogens with zero attached hydrogens (tertiary/aromatic N) is 3. The fourth-order valence-corrected chi connectivity index (χ4v) is 3.11. The monoisotopic (exact) mass is 264 g/mol. The quantitative estimate of drug-likeness (QED) is 0.886. The number of aryl methyl sites for hydroxylation is 1. The van der Waals surface area contributed by atoms with Crippen LogP contribution in [0.2, 0.25) is 0 Å². The van der Waals surface area contributed by atoms with Gasteiger partial charge >= 0.3 is 0 Å². The second kappa shape index (κ2) is 6.53. The van der Waals surface area contributed by atoms with Crippen LogP contribution in [0, 0.1) is 0 Å². The predicted molar refractivity (Wildman–Crippen MR) is 79.1 cm³/mol. The smallest absolute Gasteiger partial charge is 0.0549 e. The molecule has 2 heterocycles. The maximum Gasteiger partial charge on any atom is 0.0549 e. The van der Waals surface area contributed by atoms with Crippen LogP contribution >= 0.6 is 0 Å². The summed E-state index contributed by atoms with van der Waals surface area (Å²) in [6.07, 6.45) is 5.89. The molecule has 1 aromatic heterocycles. The first-order chi connectivity index (χ1) is 9.09. The highest BCUT2D eigenvalue weighted by Gasteiger charge is 2.24. The molecule has 1 saturated heterocycles. The number of hydrogen-bond donors (Lipinski definition) is 1. The van der Waals surface area contributed by atoms with E-state index in [2.05, 4.69) is 42.2 Å². The van der Waals surface area contributed by atoms with Crippen LogP contribution < -0.4 is 5.32 Å². The van der Waals surface area contributed by atoms with Gasteiger partial charge in [-0.3, -0.25) is 9.58 Å². The van der Waals surface area contributed by atoms with Gasteiger partial charge in [0.15, 0.2) is 0 Å². The Balaban J connectivity index is 2.04. The summed E-state index contributed by atoms with van der Waals surface area (Å²) in [6, 6.07) is 3.74. The molecule has 0 radical (unpaired) electrons. The summed E-state index contributed by atoms with van der Waals surface area (Å²) in [4.78, 5) is 2.58. The molecule has 0 saturated carbocycles. The van der Waals surface area contributed by atoms with Crippen molar-refractivity contribution in [3.63, 3.8) is 0 Å². The second-order valence-corrected chi connectivity index (χ2v) is 5.99. The van der Waals surface area contributed by atoms with Crippen molar-refractivity contribution >= 4 is 0 Å². The highest BCUT2D eigenvalue weighted by molar-refractivity contribution is 5.06. The van der Waals surface area contributed by atoms with Crippen LogP contribution in [-0.2, 0) is 7.05 Å². The Kier molecular flexibility index (Phi) is 4.99. The van der Waals surface area contributed by atoms with Crippen LogP contribution in [0.25, 0.3) is 0 Å². The average Bonchev–Trinajstić information content (AvgIpc) is 2.82. The summed E-state index contributed by atoms with van der Waals surface area (Å²) in [7, 11) is 2.03. The van der Waals surface area contributed by atoms with Gasteiger partial charge in [-0.05, 0) is 46.2 Å². The van der Waals surface area contributed by atoms with Gasteiger partial charge in [-0.15, -0.1) is 0 Å². The Bertz CT molecular complexity index is 379. The van der Waals surface area contributed by atoms with Crippen molar-refractivity contribution in [1.82, 2.24) is 20.0 Å². The van der Waals surface area contributed by atoms with Gasteiger partial charge < -0.3 is 5.32 Å². The topological polar surface area (TPSA) is 33.1 Å². The molecule has 0 amide bonds. The highest BCUT2D eigenvalue weighted by atomic mass is 15.3. The lowest BCUT2D eigenvalue weighted by Gasteiger charge is -2.37. The van der Waals surface area contributed by atoms with E-state index in [0.717, 1.165) is 6.54 Å². The van der Waals surface area contributed by atoms with Gasteiger partial charge in [0.2, 0.25) is 0 Å². The maximum absolute atomic E-state index is 4.30. The molecule has 0 aliphatic carbocycles. The fraction of sp³-hybridized carbons (Fsp3) is 0.800. The molecule has 1 aliphatic rings. The normalized spacial score (nSPS) is 22.1. The predicted octanol–water partition coefficient (Wildman–Crippen LogP) is 2.33. The van der Waals surface area contributed by atoms with Gasteiger partial charge in [0.1, 0.15) is 0 Å². The van der Waals surface area contributed by atoms with Crippen LogP contribution in [-0.4, -0.2) is 39.9 Å². The van der Waals surface area contributed by atoms with Gasteiger partial charge in [0, 0.05) is 37.9 Å². The van der Waals surface area contributed by atoms with E-state index in [1.165, 1.54) is 31.5 Å². The Labute approximate surface area is 117 Å². The molecular formula is C15H28N4. The minimum Gasteiger partial charge on any atom is -0.313 e. The molecule has 0 bridgehead atoms. The highest BCUT2D eigenvalue weighted by Crippen LogP contribution is 2.23. The van der Waals surface area contributed by atoms with E-state index in [9.17, 15) is 0 Å². The minimum atomic E-state index is 0.413. The largest absolute Gasteiger partial charge is 0.313 e. The van der Waals surface area contributed by atoms with E-state index in [4.69, 9.17) is 0 Å². The molecule has 0 aromatic carbocycles. The molecule has 2 rings (SSSR count). The van der Waals surface area contributed by atoms with Crippen molar-refractivity contribution in [3.05, 3.63) is 18.0 Å². The van der Waals surface area contributed by atoms with Crippen molar-refractivity contribution in [2.75, 3.05) is 13.1 Å². The zero-order chi connectivity index (χ0) is 13.8. The van der Waals surface area contributed by atoms with Crippen molar-refractivity contribution in [1.29, 1.82) is 0 Å². The first kappa shape index (κ1) is 14.5. The van der Waals surface area contributed by atoms with Gasteiger partial charge in [-0.2, -0.15) is 5.10 Å². The maximum atomic E-state index is 4.30. The Hall–Kier alpha value is -0.870. The third-order valence-corrected chi connectivity index (χ3v) is 4.29. The van der Waals surface area contributed by atoms with Crippen molar-refractivity contribution < 1.29 is 0 Å². The number of rotatable bonds is 5. The van der Waals surface area contributed by atoms with E-state index in [0.29, 0.717) is 18.1 Å². The van der Waals surface area contributed by atoms with Gasteiger partial charge in [0.25, 0.3) is 0 Å². The summed E-state index contributed by atoms with van der Waals surface area (Å²) in [5.41, 5.74) is 1.30. The van der Waals surface area contributed by atoms with E-state index < -0.39 is 0 Å². The summed E-state index contributed by atoms with van der Waals surface area (Å²) < 4.78 is 1.99. The molecule has 1 fully saturated rings. The molecule has 0 spiro atoms. The number of aromatic nitrogens is 2. The summed E-state index contributed by atoms with van der Waals surface area (Å²) in [6.45, 7) is 9.17. The zero-order valence-electron chi connectivity index (χ0n) is 12.8. The van der Waals surface area contributed by atoms with Gasteiger partial charge in [-0.1, -0.05) is 6.42 Å². The van der Waals surface area contributed by atoms with Crippen LogP contribution in [0.1, 0.15) is 51.8 Å². The lowest BCUT2D eigenvalue weighted by Crippen LogP contribution is -2.47. The molecule has 2 unspecified atom stereocenters.